The number of aromatic nitrogens is 5. The van der Waals surface area contributed by atoms with Crippen LogP contribution in [0.5, 0.6) is 5.75 Å². The van der Waals surface area contributed by atoms with Gasteiger partial charge in [0, 0.05) is 44.1 Å². The number of aliphatic carboxylic acids is 1. The number of ether oxygens (including phenoxy) is 3. The average molecular weight is 617 g/mol. The van der Waals surface area contributed by atoms with Crippen LogP contribution in [0.1, 0.15) is 88.3 Å². The third kappa shape index (κ3) is 6.84. The van der Waals surface area contributed by atoms with Crippen molar-refractivity contribution in [3.63, 3.8) is 0 Å². The largest absolute Gasteiger partial charge is 0.493 e. The third-order valence-corrected chi connectivity index (χ3v) is 8.60. The van der Waals surface area contributed by atoms with Crippen LogP contribution >= 0.6 is 0 Å². The number of benzene rings is 1. The lowest BCUT2D eigenvalue weighted by Gasteiger charge is -2.41. The number of para-hydroxylation sites is 1. The number of hydrogen-bond donors (Lipinski definition) is 1. The second kappa shape index (κ2) is 12.4. The molecule has 0 saturated carbocycles. The topological polar surface area (TPSA) is 116 Å². The molecule has 1 N–H and O–H groups in total. The first-order valence-electron chi connectivity index (χ1n) is 15.9. The lowest BCUT2D eigenvalue weighted by atomic mass is 9.92. The summed E-state index contributed by atoms with van der Waals surface area (Å²) in [5, 5.41) is 20.0. The number of fused-ring (bicyclic) bond motifs is 8. The minimum absolute atomic E-state index is 0.263. The molecular formula is C34H44N6O5. The maximum absolute atomic E-state index is 12.7. The highest BCUT2D eigenvalue weighted by Gasteiger charge is 2.38. The van der Waals surface area contributed by atoms with E-state index in [2.05, 4.69) is 23.0 Å². The molecule has 0 aliphatic carbocycles. The molecule has 0 unspecified atom stereocenters. The number of anilines is 1. The number of hydrogen-bond acceptors (Lipinski definition) is 8. The van der Waals surface area contributed by atoms with Crippen LogP contribution in [-0.4, -0.2) is 73.0 Å². The van der Waals surface area contributed by atoms with Crippen molar-refractivity contribution in [2.75, 3.05) is 31.2 Å². The smallest absolute Gasteiger partial charge is 0.337 e. The summed E-state index contributed by atoms with van der Waals surface area (Å²) in [5.41, 5.74) is 2.89. The molecule has 3 aliphatic rings. The van der Waals surface area contributed by atoms with Crippen molar-refractivity contribution in [3.8, 4) is 11.6 Å². The van der Waals surface area contributed by atoms with Gasteiger partial charge < -0.3 is 24.2 Å². The molecule has 7 rings (SSSR count). The van der Waals surface area contributed by atoms with Gasteiger partial charge in [-0.1, -0.05) is 18.2 Å². The van der Waals surface area contributed by atoms with Crippen LogP contribution in [0.25, 0.3) is 11.5 Å². The van der Waals surface area contributed by atoms with Gasteiger partial charge in [0.25, 0.3) is 0 Å². The van der Waals surface area contributed by atoms with Crippen LogP contribution in [0.4, 0.5) is 5.82 Å². The Balaban J connectivity index is 1.46. The number of carbonyl (C=O) groups is 1. The first-order chi connectivity index (χ1) is 21.5. The molecular weight excluding hydrogens is 572 g/mol. The number of aryl methyl sites for hydroxylation is 1. The molecule has 1 aromatic carbocycles. The Hall–Kier alpha value is -3.96. The Morgan fingerprint density at radius 1 is 1.11 bits per heavy atom. The Labute approximate surface area is 264 Å². The molecule has 1 saturated heterocycles. The summed E-state index contributed by atoms with van der Waals surface area (Å²) in [6, 6.07) is 10.0. The average Bonchev–Trinajstić information content (AvgIpc) is 3.62. The van der Waals surface area contributed by atoms with E-state index >= 15 is 0 Å². The molecule has 1 fully saturated rings. The fourth-order valence-electron chi connectivity index (χ4n) is 6.22. The van der Waals surface area contributed by atoms with Crippen molar-refractivity contribution in [1.29, 1.82) is 0 Å². The summed E-state index contributed by atoms with van der Waals surface area (Å²) in [5.74, 6) is 1.11. The summed E-state index contributed by atoms with van der Waals surface area (Å²) in [6.07, 6.45) is 7.82. The summed E-state index contributed by atoms with van der Waals surface area (Å²) < 4.78 is 22.3. The van der Waals surface area contributed by atoms with Gasteiger partial charge >= 0.3 is 5.97 Å². The van der Waals surface area contributed by atoms with Gasteiger partial charge in [-0.3, -0.25) is 0 Å². The van der Waals surface area contributed by atoms with E-state index in [-0.39, 0.29) is 5.60 Å². The molecule has 11 nitrogen and oxygen atoms in total. The molecule has 1 atom stereocenters. The van der Waals surface area contributed by atoms with Gasteiger partial charge in [-0.15, -0.1) is 5.10 Å². The van der Waals surface area contributed by atoms with E-state index in [1.54, 1.807) is 9.20 Å². The van der Waals surface area contributed by atoms with Crippen LogP contribution in [0.2, 0.25) is 0 Å². The summed E-state index contributed by atoms with van der Waals surface area (Å²) >= 11 is 0. The molecule has 0 amide bonds. The minimum atomic E-state index is -1.22. The third-order valence-electron chi connectivity index (χ3n) is 8.60. The minimum Gasteiger partial charge on any atom is -0.493 e. The van der Waals surface area contributed by atoms with Crippen LogP contribution in [0, 0.1) is 6.92 Å². The second-order valence-corrected chi connectivity index (χ2v) is 13.4. The normalized spacial score (nSPS) is 18.3. The molecule has 4 aromatic rings. The second-order valence-electron chi connectivity index (χ2n) is 13.4. The van der Waals surface area contributed by atoms with Gasteiger partial charge in [0.2, 0.25) is 0 Å². The monoisotopic (exact) mass is 616 g/mol. The van der Waals surface area contributed by atoms with E-state index in [9.17, 15) is 9.90 Å². The van der Waals surface area contributed by atoms with Crippen molar-refractivity contribution >= 4 is 17.4 Å². The fraction of sp³-hybridized carbons (Fsp3) is 0.529. The Morgan fingerprint density at radius 2 is 1.87 bits per heavy atom. The van der Waals surface area contributed by atoms with Crippen LogP contribution < -0.4 is 9.64 Å². The molecule has 0 spiro atoms. The van der Waals surface area contributed by atoms with Gasteiger partial charge in [-0.25, -0.2) is 14.5 Å². The zero-order chi connectivity index (χ0) is 31.8. The molecule has 240 valence electrons. The summed E-state index contributed by atoms with van der Waals surface area (Å²) in [6.45, 7) is 12.3. The predicted octanol–water partition coefficient (Wildman–Crippen LogP) is 5.69. The van der Waals surface area contributed by atoms with Crippen molar-refractivity contribution in [3.05, 3.63) is 65.1 Å². The van der Waals surface area contributed by atoms with Gasteiger partial charge in [0.15, 0.2) is 17.6 Å². The van der Waals surface area contributed by atoms with Gasteiger partial charge in [-0.2, -0.15) is 9.61 Å². The van der Waals surface area contributed by atoms with E-state index in [1.807, 2.05) is 64.4 Å². The van der Waals surface area contributed by atoms with E-state index in [0.29, 0.717) is 61.3 Å². The van der Waals surface area contributed by atoms with Crippen molar-refractivity contribution < 1.29 is 24.1 Å². The van der Waals surface area contributed by atoms with Gasteiger partial charge in [0.05, 0.1) is 29.6 Å². The maximum Gasteiger partial charge on any atom is 0.337 e. The van der Waals surface area contributed by atoms with Crippen molar-refractivity contribution in [1.82, 2.24) is 24.4 Å². The molecule has 6 heterocycles. The molecule has 3 aliphatic heterocycles. The fourth-order valence-corrected chi connectivity index (χ4v) is 6.22. The highest BCUT2D eigenvalue weighted by Crippen LogP contribution is 2.38. The quantitative estimate of drug-likeness (QED) is 0.310. The highest BCUT2D eigenvalue weighted by atomic mass is 16.5. The van der Waals surface area contributed by atoms with Crippen LogP contribution in [-0.2, 0) is 20.7 Å². The van der Waals surface area contributed by atoms with E-state index in [0.717, 1.165) is 49.0 Å². The van der Waals surface area contributed by atoms with Crippen molar-refractivity contribution in [2.45, 2.75) is 90.4 Å². The number of carboxylic acid groups (broad SMARTS) is 1. The first-order valence-corrected chi connectivity index (χ1v) is 15.9. The van der Waals surface area contributed by atoms with Crippen LogP contribution in [0.15, 0.2) is 42.7 Å². The van der Waals surface area contributed by atoms with Crippen LogP contribution in [0.3, 0.4) is 0 Å². The Morgan fingerprint density at radius 3 is 2.62 bits per heavy atom. The van der Waals surface area contributed by atoms with E-state index in [4.69, 9.17) is 24.3 Å². The predicted molar refractivity (Wildman–Crippen MR) is 170 cm³/mol. The maximum atomic E-state index is 12.7. The Bertz CT molecular complexity index is 1660. The Kier molecular flexibility index (Phi) is 8.58. The molecule has 0 radical (unpaired) electrons. The summed E-state index contributed by atoms with van der Waals surface area (Å²) in [4.78, 5) is 19.8. The zero-order valence-corrected chi connectivity index (χ0v) is 27.0. The number of nitrogens with zero attached hydrogens (tertiary/aromatic N) is 6. The molecule has 3 aromatic heterocycles. The summed E-state index contributed by atoms with van der Waals surface area (Å²) in [7, 11) is 0. The molecule has 45 heavy (non-hydrogen) atoms. The first kappa shape index (κ1) is 31.0. The number of carboxylic acids is 1. The highest BCUT2D eigenvalue weighted by molar-refractivity contribution is 5.78. The molecule has 11 heteroatoms. The van der Waals surface area contributed by atoms with Crippen molar-refractivity contribution in [2.24, 2.45) is 0 Å². The number of rotatable bonds is 3. The van der Waals surface area contributed by atoms with E-state index in [1.165, 1.54) is 0 Å². The zero-order valence-electron chi connectivity index (χ0n) is 27.0. The lowest BCUT2D eigenvalue weighted by Crippen LogP contribution is -2.46. The van der Waals surface area contributed by atoms with E-state index < -0.39 is 17.7 Å². The van der Waals surface area contributed by atoms with Gasteiger partial charge in [-0.05, 0) is 83.9 Å². The lowest BCUT2D eigenvalue weighted by molar-refractivity contribution is -0.160. The van der Waals surface area contributed by atoms with Gasteiger partial charge in [0.1, 0.15) is 11.6 Å². The standard InChI is InChI=1S/C34H44N6O5/c1-23-29(30(32(41)42)45-33(2,3)4)31-38-15-13-34(5,14-16-38)44-18-10-6-9-17-43-26-12-8-7-11-25(26)19-24-21-35-39(22-24)28-20-27(36-23)40(31)37-28/h7-8,11-12,20-22,30H,6,9-10,13-19H2,1-5H3,(H,41,42)/t30-/m0/s1. The SMILES string of the molecule is Cc1nc2cc3nn2c(c1[C@H](OC(C)(C)C)C(=O)O)N1CCC(C)(CC1)OCCCCCOc1ccccc1Cc1cnn-3c1. The molecule has 6 bridgehead atoms. The number of piperidine rings is 1.